The third-order valence-electron chi connectivity index (χ3n) is 6.95. The number of rotatable bonds is 2. The van der Waals surface area contributed by atoms with Gasteiger partial charge in [-0.25, -0.2) is 0 Å². The third kappa shape index (κ3) is 7.85. The number of aromatic hydroxyl groups is 2. The zero-order chi connectivity index (χ0) is 28.7. The number of anilines is 2. The Balaban J connectivity index is 2.59. The van der Waals surface area contributed by atoms with Gasteiger partial charge in [0.25, 0.3) is 5.91 Å². The lowest BCUT2D eigenvalue weighted by atomic mass is 9.87. The molecule has 0 saturated heterocycles. The molecule has 0 radical (unpaired) electrons. The van der Waals surface area contributed by atoms with Gasteiger partial charge in [0.1, 0.15) is 17.6 Å². The first-order valence-electron chi connectivity index (χ1n) is 12.8. The third-order valence-corrected chi connectivity index (χ3v) is 6.95. The summed E-state index contributed by atoms with van der Waals surface area (Å²) in [5.41, 5.74) is 7.59. The molecule has 6 atom stereocenters. The zero-order valence-corrected chi connectivity index (χ0v) is 23.3. The quantitative estimate of drug-likeness (QED) is 0.125. The van der Waals surface area contributed by atoms with Crippen molar-refractivity contribution < 1.29 is 34.4 Å². The molecule has 1 amide bonds. The van der Waals surface area contributed by atoms with Gasteiger partial charge in [-0.15, -0.1) is 0 Å². The van der Waals surface area contributed by atoms with Gasteiger partial charge < -0.3 is 35.8 Å². The summed E-state index contributed by atoms with van der Waals surface area (Å²) in [6.45, 7) is 10.5. The first-order chi connectivity index (χ1) is 17.8. The molecule has 1 aromatic carbocycles. The van der Waals surface area contributed by atoms with E-state index in [0.29, 0.717) is 17.6 Å². The predicted molar refractivity (Wildman–Crippen MR) is 148 cm³/mol. The molecule has 1 aliphatic rings. The molecular weight excluding hydrogens is 488 g/mol. The summed E-state index contributed by atoms with van der Waals surface area (Å²) in [6, 6.07) is 1.21. The lowest BCUT2D eigenvalue weighted by Crippen LogP contribution is -2.35. The van der Waals surface area contributed by atoms with Gasteiger partial charge in [-0.2, -0.15) is 0 Å². The molecule has 2 rings (SSSR count). The van der Waals surface area contributed by atoms with E-state index < -0.39 is 30.2 Å². The number of nitrogen functional groups attached to an aromatic ring is 1. The Bertz CT molecular complexity index is 1110. The average Bonchev–Trinajstić information content (AvgIpc) is 2.85. The van der Waals surface area contributed by atoms with Crippen LogP contribution in [0.4, 0.5) is 11.4 Å². The summed E-state index contributed by atoms with van der Waals surface area (Å²) in [6.07, 6.45) is 5.75. The van der Waals surface area contributed by atoms with Gasteiger partial charge >= 0.3 is 5.97 Å². The molecule has 0 fully saturated rings. The van der Waals surface area contributed by atoms with Crippen LogP contribution in [0.5, 0.6) is 11.5 Å². The Labute approximate surface area is 225 Å². The molecule has 1 aromatic rings. The van der Waals surface area contributed by atoms with Crippen LogP contribution in [0.15, 0.2) is 41.5 Å². The molecule has 0 spiro atoms. The monoisotopic (exact) mass is 530 g/mol. The standard InChI is InChI=1S/C29H42N2O7/c1-15-11-21-25(30)23(33)14-22(27(21)35)31-29(36)17(3)10-8-9-16(2)28(38-20(6)32)19(5)13-18(4)26(34)24(12-15)37-7/h8-10,13-16,18,24,26,28,33-35H,11-12,30H2,1-7H3,(H,31,36)/b9-8-,17-10+,19-13+/t15-,16+,18+,24+,26-,28-/m1/s1. The smallest absolute Gasteiger partial charge is 0.303 e. The van der Waals surface area contributed by atoms with E-state index in [-0.39, 0.29) is 47.0 Å². The SMILES string of the molecule is CO[C@H]1C[C@H](C)Cc2c(N)c(O)cc(c2O)NC(=O)/C(C)=C/C=C\[C@H](C)[C@@H](OC(C)=O)/C(C)=C/[C@H](C)[C@H]1O. The van der Waals surface area contributed by atoms with E-state index in [2.05, 4.69) is 5.32 Å². The summed E-state index contributed by atoms with van der Waals surface area (Å²) in [5, 5.41) is 35.1. The van der Waals surface area contributed by atoms with Gasteiger partial charge in [0.2, 0.25) is 0 Å². The van der Waals surface area contributed by atoms with Gasteiger partial charge in [-0.1, -0.05) is 45.1 Å². The number of esters is 1. The van der Waals surface area contributed by atoms with E-state index in [0.717, 1.165) is 5.57 Å². The van der Waals surface area contributed by atoms with Crippen LogP contribution < -0.4 is 11.1 Å². The number of fused-ring (bicyclic) bond motifs is 2. The minimum absolute atomic E-state index is 0.0281. The van der Waals surface area contributed by atoms with E-state index in [4.69, 9.17) is 15.2 Å². The fourth-order valence-corrected chi connectivity index (χ4v) is 4.75. The van der Waals surface area contributed by atoms with Crippen molar-refractivity contribution in [2.45, 2.75) is 72.7 Å². The van der Waals surface area contributed by atoms with Crippen LogP contribution in [0.1, 0.15) is 53.5 Å². The Morgan fingerprint density at radius 2 is 1.82 bits per heavy atom. The number of ether oxygens (including phenoxy) is 2. The number of benzene rings is 1. The molecule has 6 N–H and O–H groups in total. The number of nitrogens with two attached hydrogens (primary N) is 1. The van der Waals surface area contributed by atoms with Crippen molar-refractivity contribution in [1.82, 2.24) is 0 Å². The lowest BCUT2D eigenvalue weighted by Gasteiger charge is -2.29. The number of aliphatic hydroxyl groups excluding tert-OH is 1. The molecule has 1 aliphatic heterocycles. The van der Waals surface area contributed by atoms with E-state index in [1.807, 2.05) is 39.8 Å². The van der Waals surface area contributed by atoms with Crippen molar-refractivity contribution in [2.24, 2.45) is 17.8 Å². The fourth-order valence-electron chi connectivity index (χ4n) is 4.75. The number of amides is 1. The van der Waals surface area contributed by atoms with Gasteiger partial charge in [0, 0.05) is 43.1 Å². The summed E-state index contributed by atoms with van der Waals surface area (Å²) >= 11 is 0. The number of nitrogens with one attached hydrogen (secondary N) is 1. The van der Waals surface area contributed by atoms with Crippen molar-refractivity contribution in [3.8, 4) is 11.5 Å². The van der Waals surface area contributed by atoms with E-state index >= 15 is 0 Å². The minimum atomic E-state index is -0.862. The van der Waals surface area contributed by atoms with Crippen molar-refractivity contribution >= 4 is 23.3 Å². The highest BCUT2D eigenvalue weighted by Gasteiger charge is 2.29. The van der Waals surface area contributed by atoms with Crippen LogP contribution >= 0.6 is 0 Å². The number of carbonyl (C=O) groups is 2. The maximum atomic E-state index is 12.8. The molecule has 0 unspecified atom stereocenters. The number of hydrogen-bond donors (Lipinski definition) is 5. The Hall–Kier alpha value is -3.30. The van der Waals surface area contributed by atoms with Gasteiger partial charge in [0.15, 0.2) is 0 Å². The normalized spacial score (nSPS) is 31.3. The molecule has 0 aliphatic carbocycles. The highest BCUT2D eigenvalue weighted by atomic mass is 16.5. The Kier molecular flexibility index (Phi) is 11.0. The Morgan fingerprint density at radius 1 is 1.16 bits per heavy atom. The van der Waals surface area contributed by atoms with Gasteiger partial charge in [0.05, 0.1) is 23.6 Å². The van der Waals surface area contributed by atoms with Crippen LogP contribution in [-0.4, -0.2) is 52.6 Å². The molecule has 0 aromatic heterocycles. The van der Waals surface area contributed by atoms with Gasteiger partial charge in [-0.05, 0) is 38.2 Å². The maximum absolute atomic E-state index is 12.8. The lowest BCUT2D eigenvalue weighted by molar-refractivity contribution is -0.146. The molecule has 1 heterocycles. The number of allylic oxidation sites excluding steroid dienone is 2. The van der Waals surface area contributed by atoms with Crippen molar-refractivity contribution in [3.05, 3.63) is 47.1 Å². The van der Waals surface area contributed by atoms with Crippen molar-refractivity contribution in [2.75, 3.05) is 18.2 Å². The number of aliphatic hydroxyl groups is 1. The highest BCUT2D eigenvalue weighted by molar-refractivity contribution is 6.04. The number of methoxy groups -OCH3 is 1. The molecule has 0 saturated carbocycles. The number of phenolic OH excluding ortho intramolecular Hbond substituents is 2. The largest absolute Gasteiger partial charge is 0.506 e. The molecular formula is C29H42N2O7. The number of phenols is 2. The minimum Gasteiger partial charge on any atom is -0.506 e. The van der Waals surface area contributed by atoms with Gasteiger partial charge in [-0.3, -0.25) is 9.59 Å². The van der Waals surface area contributed by atoms with Crippen LogP contribution in [0.25, 0.3) is 0 Å². The molecule has 38 heavy (non-hydrogen) atoms. The van der Waals surface area contributed by atoms with E-state index in [1.165, 1.54) is 20.1 Å². The summed E-state index contributed by atoms with van der Waals surface area (Å²) < 4.78 is 11.2. The second-order valence-electron chi connectivity index (χ2n) is 10.3. The second kappa shape index (κ2) is 13.5. The predicted octanol–water partition coefficient (Wildman–Crippen LogP) is 4.23. The number of carbonyl (C=O) groups excluding carboxylic acids is 2. The zero-order valence-electron chi connectivity index (χ0n) is 23.3. The summed E-state index contributed by atoms with van der Waals surface area (Å²) in [7, 11) is 1.52. The van der Waals surface area contributed by atoms with E-state index in [1.54, 1.807) is 19.1 Å². The van der Waals surface area contributed by atoms with E-state index in [9.17, 15) is 24.9 Å². The van der Waals surface area contributed by atoms with Crippen molar-refractivity contribution in [1.29, 1.82) is 0 Å². The summed E-state index contributed by atoms with van der Waals surface area (Å²) in [4.78, 5) is 24.6. The van der Waals surface area contributed by atoms with Crippen LogP contribution in [0.2, 0.25) is 0 Å². The topological polar surface area (TPSA) is 151 Å². The second-order valence-corrected chi connectivity index (χ2v) is 10.3. The van der Waals surface area contributed by atoms with Crippen LogP contribution in [0, 0.1) is 17.8 Å². The molecule has 9 heteroatoms. The Morgan fingerprint density at radius 3 is 2.42 bits per heavy atom. The summed E-state index contributed by atoms with van der Waals surface area (Å²) in [5.74, 6) is -2.04. The highest BCUT2D eigenvalue weighted by Crippen LogP contribution is 2.40. The maximum Gasteiger partial charge on any atom is 0.303 e. The van der Waals surface area contributed by atoms with Crippen LogP contribution in [-0.2, 0) is 25.5 Å². The molecule has 210 valence electrons. The number of hydrogen-bond acceptors (Lipinski definition) is 8. The van der Waals surface area contributed by atoms with Crippen molar-refractivity contribution in [3.63, 3.8) is 0 Å². The molecule has 9 nitrogen and oxygen atoms in total. The first-order valence-corrected chi connectivity index (χ1v) is 12.8. The van der Waals surface area contributed by atoms with Crippen LogP contribution in [0.3, 0.4) is 0 Å². The first kappa shape index (κ1) is 30.9. The average molecular weight is 531 g/mol. The molecule has 2 bridgehead atoms. The fraction of sp³-hybridized carbons (Fsp3) is 0.517.